The largest absolute Gasteiger partial charge is 0.454 e. The van der Waals surface area contributed by atoms with Crippen LogP contribution < -0.4 is 14.8 Å². The highest BCUT2D eigenvalue weighted by molar-refractivity contribution is 7.20. The average molecular weight is 356 g/mol. The van der Waals surface area contributed by atoms with Crippen LogP contribution in [0.4, 0.5) is 5.69 Å². The average Bonchev–Trinajstić information content (AvgIpc) is 3.24. The molecule has 8 heteroatoms. The van der Waals surface area contributed by atoms with Crippen LogP contribution in [0.25, 0.3) is 10.1 Å². The fraction of sp³-hybridized carbons (Fsp3) is 0.118. The standard InChI is InChI=1S/C17H12N2O5S/c20-17(18-8-10-1-3-13-14(5-10)24-9-23-13)16-7-11-6-12(19(21)22)2-4-15(11)25-16/h1-7H,8-9H2,(H,18,20). The lowest BCUT2D eigenvalue weighted by molar-refractivity contribution is -0.384. The number of non-ortho nitro benzene ring substituents is 1. The molecule has 0 unspecified atom stereocenters. The molecule has 3 aromatic rings. The van der Waals surface area contributed by atoms with Gasteiger partial charge in [0.2, 0.25) is 6.79 Å². The Morgan fingerprint density at radius 2 is 2.00 bits per heavy atom. The van der Waals surface area contributed by atoms with E-state index in [1.807, 2.05) is 18.2 Å². The summed E-state index contributed by atoms with van der Waals surface area (Å²) in [6, 6.07) is 11.7. The summed E-state index contributed by atoms with van der Waals surface area (Å²) in [4.78, 5) is 23.2. The first-order chi connectivity index (χ1) is 12.1. The van der Waals surface area contributed by atoms with Gasteiger partial charge in [0.05, 0.1) is 9.80 Å². The van der Waals surface area contributed by atoms with Crippen molar-refractivity contribution in [3.8, 4) is 11.5 Å². The molecule has 0 aliphatic carbocycles. The maximum atomic E-state index is 12.3. The number of rotatable bonds is 4. The Morgan fingerprint density at radius 1 is 1.16 bits per heavy atom. The molecule has 0 saturated heterocycles. The summed E-state index contributed by atoms with van der Waals surface area (Å²) in [5.41, 5.74) is 0.909. The molecule has 0 bridgehead atoms. The summed E-state index contributed by atoms with van der Waals surface area (Å²) in [5.74, 6) is 1.14. The van der Waals surface area contributed by atoms with Gasteiger partial charge in [-0.15, -0.1) is 11.3 Å². The third-order valence-corrected chi connectivity index (χ3v) is 4.94. The number of amides is 1. The van der Waals surface area contributed by atoms with Crippen molar-refractivity contribution in [1.82, 2.24) is 5.32 Å². The fourth-order valence-corrected chi connectivity index (χ4v) is 3.54. The van der Waals surface area contributed by atoms with E-state index in [1.165, 1.54) is 23.5 Å². The second-order valence-corrected chi connectivity index (χ2v) is 6.54. The number of benzene rings is 2. The molecule has 4 rings (SSSR count). The highest BCUT2D eigenvalue weighted by Crippen LogP contribution is 2.32. The first kappa shape index (κ1) is 15.4. The topological polar surface area (TPSA) is 90.7 Å². The van der Waals surface area contributed by atoms with Crippen molar-refractivity contribution in [3.05, 3.63) is 63.0 Å². The summed E-state index contributed by atoms with van der Waals surface area (Å²) in [7, 11) is 0. The Hall–Kier alpha value is -3.13. The van der Waals surface area contributed by atoms with Crippen molar-refractivity contribution >= 4 is 33.0 Å². The molecular weight excluding hydrogens is 344 g/mol. The van der Waals surface area contributed by atoms with E-state index in [9.17, 15) is 14.9 Å². The third-order valence-electron chi connectivity index (χ3n) is 3.82. The predicted octanol–water partition coefficient (Wildman–Crippen LogP) is 3.47. The molecule has 25 heavy (non-hydrogen) atoms. The summed E-state index contributed by atoms with van der Waals surface area (Å²) in [6.45, 7) is 0.558. The second kappa shape index (κ2) is 6.06. The van der Waals surface area contributed by atoms with Crippen LogP contribution >= 0.6 is 11.3 Å². The van der Waals surface area contributed by atoms with Gasteiger partial charge in [-0.1, -0.05) is 6.07 Å². The molecule has 0 radical (unpaired) electrons. The smallest absolute Gasteiger partial charge is 0.270 e. The van der Waals surface area contributed by atoms with E-state index in [0.29, 0.717) is 28.3 Å². The number of nitro groups is 1. The number of thiophene rings is 1. The molecule has 126 valence electrons. The second-order valence-electron chi connectivity index (χ2n) is 5.46. The fourth-order valence-electron chi connectivity index (χ4n) is 2.58. The number of nitrogens with zero attached hydrogens (tertiary/aromatic N) is 1. The van der Waals surface area contributed by atoms with Crippen molar-refractivity contribution < 1.29 is 19.2 Å². The van der Waals surface area contributed by atoms with Gasteiger partial charge >= 0.3 is 0 Å². The normalized spacial score (nSPS) is 12.3. The number of nitro benzene ring substituents is 1. The number of carbonyl (C=O) groups excluding carboxylic acids is 1. The van der Waals surface area contributed by atoms with E-state index in [1.54, 1.807) is 12.1 Å². The number of hydrogen-bond acceptors (Lipinski definition) is 6. The van der Waals surface area contributed by atoms with Crippen molar-refractivity contribution in [2.75, 3.05) is 6.79 Å². The van der Waals surface area contributed by atoms with Crippen LogP contribution in [0.1, 0.15) is 15.2 Å². The van der Waals surface area contributed by atoms with Crippen LogP contribution in [0, 0.1) is 10.1 Å². The van der Waals surface area contributed by atoms with Crippen LogP contribution in [0.3, 0.4) is 0 Å². The van der Waals surface area contributed by atoms with E-state index in [-0.39, 0.29) is 18.4 Å². The Labute approximate surface area is 145 Å². The highest BCUT2D eigenvalue weighted by Gasteiger charge is 2.15. The van der Waals surface area contributed by atoms with E-state index in [0.717, 1.165) is 10.3 Å². The van der Waals surface area contributed by atoms with Gasteiger partial charge in [-0.05, 0) is 29.8 Å². The van der Waals surface area contributed by atoms with Crippen LogP contribution in [-0.2, 0) is 6.54 Å². The Balaban J connectivity index is 1.49. The minimum atomic E-state index is -0.448. The zero-order valence-electron chi connectivity index (χ0n) is 12.9. The van der Waals surface area contributed by atoms with Crippen LogP contribution in [0.2, 0.25) is 0 Å². The summed E-state index contributed by atoms with van der Waals surface area (Å²) in [5, 5.41) is 14.4. The summed E-state index contributed by atoms with van der Waals surface area (Å²) < 4.78 is 11.4. The van der Waals surface area contributed by atoms with Gasteiger partial charge in [0.25, 0.3) is 11.6 Å². The van der Waals surface area contributed by atoms with Gasteiger partial charge in [0.15, 0.2) is 11.5 Å². The molecule has 2 heterocycles. The Bertz CT molecular complexity index is 998. The first-order valence-electron chi connectivity index (χ1n) is 7.45. The Morgan fingerprint density at radius 3 is 2.84 bits per heavy atom. The van der Waals surface area contributed by atoms with E-state index in [4.69, 9.17) is 9.47 Å². The minimum Gasteiger partial charge on any atom is -0.454 e. The van der Waals surface area contributed by atoms with Crippen molar-refractivity contribution in [2.24, 2.45) is 0 Å². The number of carbonyl (C=O) groups is 1. The number of nitrogens with one attached hydrogen (secondary N) is 1. The van der Waals surface area contributed by atoms with Gasteiger partial charge in [0.1, 0.15) is 0 Å². The molecule has 2 aromatic carbocycles. The van der Waals surface area contributed by atoms with Gasteiger partial charge in [-0.2, -0.15) is 0 Å². The van der Waals surface area contributed by atoms with Crippen LogP contribution in [0.15, 0.2) is 42.5 Å². The molecule has 1 aliphatic rings. The third kappa shape index (κ3) is 2.99. The van der Waals surface area contributed by atoms with E-state index >= 15 is 0 Å². The summed E-state index contributed by atoms with van der Waals surface area (Å²) in [6.07, 6.45) is 0. The Kier molecular flexibility index (Phi) is 3.73. The lowest BCUT2D eigenvalue weighted by atomic mass is 10.2. The minimum absolute atomic E-state index is 0.0117. The molecule has 1 amide bonds. The molecule has 7 nitrogen and oxygen atoms in total. The van der Waals surface area contributed by atoms with Crippen molar-refractivity contribution in [1.29, 1.82) is 0 Å². The van der Waals surface area contributed by atoms with Gasteiger partial charge in [0, 0.05) is 28.8 Å². The predicted molar refractivity (Wildman–Crippen MR) is 92.2 cm³/mol. The quantitative estimate of drug-likeness (QED) is 0.571. The number of fused-ring (bicyclic) bond motifs is 2. The highest BCUT2D eigenvalue weighted by atomic mass is 32.1. The molecule has 1 aromatic heterocycles. The molecule has 0 saturated carbocycles. The van der Waals surface area contributed by atoms with Crippen LogP contribution in [0.5, 0.6) is 11.5 Å². The lowest BCUT2D eigenvalue weighted by Gasteiger charge is -2.05. The SMILES string of the molecule is O=C(NCc1ccc2c(c1)OCO2)c1cc2cc([N+](=O)[O-])ccc2s1. The van der Waals surface area contributed by atoms with Crippen molar-refractivity contribution in [2.45, 2.75) is 6.54 Å². The zero-order valence-corrected chi connectivity index (χ0v) is 13.7. The molecular formula is C17H12N2O5S. The molecule has 1 N–H and O–H groups in total. The van der Waals surface area contributed by atoms with Gasteiger partial charge in [-0.3, -0.25) is 14.9 Å². The molecule has 1 aliphatic heterocycles. The van der Waals surface area contributed by atoms with Gasteiger partial charge in [-0.25, -0.2) is 0 Å². The zero-order chi connectivity index (χ0) is 17.4. The summed E-state index contributed by atoms with van der Waals surface area (Å²) >= 11 is 1.30. The monoisotopic (exact) mass is 356 g/mol. The number of hydrogen-bond donors (Lipinski definition) is 1. The van der Waals surface area contributed by atoms with Crippen LogP contribution in [-0.4, -0.2) is 17.6 Å². The van der Waals surface area contributed by atoms with E-state index < -0.39 is 4.92 Å². The number of ether oxygens (including phenoxy) is 2. The maximum absolute atomic E-state index is 12.3. The first-order valence-corrected chi connectivity index (χ1v) is 8.26. The van der Waals surface area contributed by atoms with E-state index in [2.05, 4.69) is 5.32 Å². The molecule has 0 atom stereocenters. The van der Waals surface area contributed by atoms with Crippen molar-refractivity contribution in [3.63, 3.8) is 0 Å². The molecule has 0 spiro atoms. The van der Waals surface area contributed by atoms with Gasteiger partial charge < -0.3 is 14.8 Å². The lowest BCUT2D eigenvalue weighted by Crippen LogP contribution is -2.21. The molecule has 0 fully saturated rings. The maximum Gasteiger partial charge on any atom is 0.270 e.